The molecule has 0 atom stereocenters. The van der Waals surface area contributed by atoms with Crippen LogP contribution in [0.15, 0.2) is 43.1 Å². The van der Waals surface area contributed by atoms with E-state index in [1.807, 2.05) is 22.2 Å². The van der Waals surface area contributed by atoms with E-state index in [2.05, 4.69) is 44.6 Å². The smallest absolute Gasteiger partial charge is 0.137 e. The average molecular weight is 339 g/mol. The number of benzene rings is 1. The van der Waals surface area contributed by atoms with Crippen LogP contribution in [0.5, 0.6) is 0 Å². The number of hydrogen-bond donors (Lipinski definition) is 1. The highest BCUT2D eigenvalue weighted by Gasteiger charge is 2.22. The van der Waals surface area contributed by atoms with Gasteiger partial charge in [-0.1, -0.05) is 30.7 Å². The summed E-state index contributed by atoms with van der Waals surface area (Å²) in [5.41, 5.74) is 2.58. The third kappa shape index (κ3) is 3.55. The minimum absolute atomic E-state index is 0.729. The molecule has 1 fully saturated rings. The van der Waals surface area contributed by atoms with Crippen molar-refractivity contribution in [1.29, 1.82) is 0 Å². The third-order valence-corrected chi connectivity index (χ3v) is 5.72. The highest BCUT2D eigenvalue weighted by molar-refractivity contribution is 7.11. The Labute approximate surface area is 145 Å². The Morgan fingerprint density at radius 2 is 2.04 bits per heavy atom. The minimum Gasteiger partial charge on any atom is -0.308 e. The molecule has 6 heteroatoms. The van der Waals surface area contributed by atoms with Crippen LogP contribution in [0.1, 0.15) is 46.2 Å². The topological polar surface area (TPSA) is 55.6 Å². The molecule has 2 aromatic heterocycles. The summed E-state index contributed by atoms with van der Waals surface area (Å²) in [6, 6.07) is 8.49. The molecule has 1 saturated carbocycles. The highest BCUT2D eigenvalue weighted by atomic mass is 32.1. The van der Waals surface area contributed by atoms with Gasteiger partial charge >= 0.3 is 0 Å². The number of nitrogens with zero attached hydrogens (tertiary/aromatic N) is 4. The van der Waals surface area contributed by atoms with Gasteiger partial charge in [0.05, 0.1) is 11.6 Å². The maximum absolute atomic E-state index is 4.59. The Balaban J connectivity index is 1.34. The molecule has 1 aliphatic rings. The van der Waals surface area contributed by atoms with Crippen molar-refractivity contribution in [2.45, 2.75) is 44.8 Å². The van der Waals surface area contributed by atoms with E-state index in [1.54, 1.807) is 12.7 Å². The van der Waals surface area contributed by atoms with Gasteiger partial charge in [-0.15, -0.1) is 11.3 Å². The van der Waals surface area contributed by atoms with Crippen LogP contribution in [-0.4, -0.2) is 19.7 Å². The molecule has 124 valence electrons. The van der Waals surface area contributed by atoms with Crippen LogP contribution >= 0.6 is 11.3 Å². The summed E-state index contributed by atoms with van der Waals surface area (Å²) in [5, 5.41) is 9.07. The predicted molar refractivity (Wildman–Crippen MR) is 94.8 cm³/mol. The van der Waals surface area contributed by atoms with Gasteiger partial charge in [0.2, 0.25) is 0 Å². The first-order valence-electron chi connectivity index (χ1n) is 8.43. The monoisotopic (exact) mass is 339 g/mol. The van der Waals surface area contributed by atoms with Crippen LogP contribution in [0.2, 0.25) is 0 Å². The largest absolute Gasteiger partial charge is 0.308 e. The van der Waals surface area contributed by atoms with Crippen LogP contribution < -0.4 is 5.32 Å². The van der Waals surface area contributed by atoms with Crippen LogP contribution in [0, 0.1) is 0 Å². The summed E-state index contributed by atoms with van der Waals surface area (Å²) < 4.78 is 1.85. The van der Waals surface area contributed by atoms with E-state index >= 15 is 0 Å². The molecule has 3 aromatic rings. The molecule has 1 aliphatic carbocycles. The standard InChI is InChI=1S/C18H21N5S/c1-2-5-16(11-23-13-20-12-22-23)15(4-1)8-19-9-17-10-21-18(24-17)14-6-3-7-14/h1-2,4-5,10,12-14,19H,3,6-9,11H2. The number of rotatable bonds is 7. The Bertz CT molecular complexity index is 776. The molecule has 0 aliphatic heterocycles. The van der Waals surface area contributed by atoms with Gasteiger partial charge in [0, 0.05) is 30.1 Å². The first-order chi connectivity index (χ1) is 11.9. The first-order valence-corrected chi connectivity index (χ1v) is 9.24. The van der Waals surface area contributed by atoms with Gasteiger partial charge < -0.3 is 5.32 Å². The van der Waals surface area contributed by atoms with Gasteiger partial charge in [-0.3, -0.25) is 0 Å². The maximum atomic E-state index is 4.59. The van der Waals surface area contributed by atoms with E-state index in [0.29, 0.717) is 0 Å². The maximum Gasteiger partial charge on any atom is 0.137 e. The molecule has 0 saturated heterocycles. The van der Waals surface area contributed by atoms with E-state index < -0.39 is 0 Å². The summed E-state index contributed by atoms with van der Waals surface area (Å²) >= 11 is 1.86. The van der Waals surface area contributed by atoms with Crippen LogP contribution in [0.4, 0.5) is 0 Å². The van der Waals surface area contributed by atoms with E-state index in [1.165, 1.54) is 40.3 Å². The molecular formula is C18H21N5S. The minimum atomic E-state index is 0.729. The zero-order valence-corrected chi connectivity index (χ0v) is 14.4. The van der Waals surface area contributed by atoms with Gasteiger partial charge in [0.15, 0.2) is 0 Å². The number of aromatic nitrogens is 4. The summed E-state index contributed by atoms with van der Waals surface area (Å²) in [4.78, 5) is 9.92. The SMILES string of the molecule is c1ccc(Cn2cncn2)c(CNCc2cnc(C3CCC3)s2)c1. The lowest BCUT2D eigenvalue weighted by Gasteiger charge is -2.22. The molecule has 24 heavy (non-hydrogen) atoms. The fourth-order valence-electron chi connectivity index (χ4n) is 2.94. The molecule has 1 aromatic carbocycles. The Morgan fingerprint density at radius 1 is 1.17 bits per heavy atom. The fraction of sp³-hybridized carbons (Fsp3) is 0.389. The Morgan fingerprint density at radius 3 is 2.79 bits per heavy atom. The van der Waals surface area contributed by atoms with Gasteiger partial charge in [0.1, 0.15) is 12.7 Å². The Hall–Kier alpha value is -2.05. The highest BCUT2D eigenvalue weighted by Crippen LogP contribution is 2.38. The van der Waals surface area contributed by atoms with Gasteiger partial charge in [-0.25, -0.2) is 14.6 Å². The number of thiazole rings is 1. The van der Waals surface area contributed by atoms with Crippen molar-refractivity contribution >= 4 is 11.3 Å². The Kier molecular flexibility index (Phi) is 4.66. The van der Waals surface area contributed by atoms with E-state index in [-0.39, 0.29) is 0 Å². The van der Waals surface area contributed by atoms with Crippen molar-refractivity contribution in [2.75, 3.05) is 0 Å². The lowest BCUT2D eigenvalue weighted by Crippen LogP contribution is -2.14. The van der Waals surface area contributed by atoms with Crippen molar-refractivity contribution in [2.24, 2.45) is 0 Å². The molecule has 0 bridgehead atoms. The van der Waals surface area contributed by atoms with Crippen molar-refractivity contribution < 1.29 is 0 Å². The summed E-state index contributed by atoms with van der Waals surface area (Å²) in [6.45, 7) is 2.48. The second-order valence-corrected chi connectivity index (χ2v) is 7.40. The quantitative estimate of drug-likeness (QED) is 0.717. The number of hydrogen-bond acceptors (Lipinski definition) is 5. The second-order valence-electron chi connectivity index (χ2n) is 6.26. The van der Waals surface area contributed by atoms with Gasteiger partial charge in [-0.2, -0.15) is 5.10 Å². The van der Waals surface area contributed by atoms with Gasteiger partial charge in [-0.05, 0) is 24.0 Å². The van der Waals surface area contributed by atoms with Crippen molar-refractivity contribution in [3.8, 4) is 0 Å². The molecule has 0 amide bonds. The molecular weight excluding hydrogens is 318 g/mol. The lowest BCUT2D eigenvalue weighted by atomic mass is 9.86. The lowest BCUT2D eigenvalue weighted by molar-refractivity contribution is 0.418. The summed E-state index contributed by atoms with van der Waals surface area (Å²) in [5.74, 6) is 0.729. The van der Waals surface area contributed by atoms with Crippen LogP contribution in [0.3, 0.4) is 0 Å². The summed E-state index contributed by atoms with van der Waals surface area (Å²) in [6.07, 6.45) is 9.35. The third-order valence-electron chi connectivity index (χ3n) is 4.56. The van der Waals surface area contributed by atoms with E-state index in [9.17, 15) is 0 Å². The molecule has 0 radical (unpaired) electrons. The molecule has 1 N–H and O–H groups in total. The summed E-state index contributed by atoms with van der Waals surface area (Å²) in [7, 11) is 0. The first kappa shape index (κ1) is 15.5. The molecule has 2 heterocycles. The molecule has 0 spiro atoms. The van der Waals surface area contributed by atoms with E-state index in [4.69, 9.17) is 0 Å². The van der Waals surface area contributed by atoms with E-state index in [0.717, 1.165) is 25.6 Å². The van der Waals surface area contributed by atoms with Crippen molar-refractivity contribution in [3.05, 3.63) is 64.1 Å². The van der Waals surface area contributed by atoms with Crippen molar-refractivity contribution in [3.63, 3.8) is 0 Å². The predicted octanol–water partition coefficient (Wildman–Crippen LogP) is 3.34. The number of nitrogens with one attached hydrogen (secondary N) is 1. The average Bonchev–Trinajstić information content (AvgIpc) is 3.20. The zero-order valence-electron chi connectivity index (χ0n) is 13.6. The second kappa shape index (κ2) is 7.23. The van der Waals surface area contributed by atoms with Crippen LogP contribution in [0.25, 0.3) is 0 Å². The fourth-order valence-corrected chi connectivity index (χ4v) is 4.00. The molecule has 5 nitrogen and oxygen atoms in total. The molecule has 4 rings (SSSR count). The van der Waals surface area contributed by atoms with Crippen molar-refractivity contribution in [1.82, 2.24) is 25.1 Å². The normalized spacial score (nSPS) is 14.7. The zero-order chi connectivity index (χ0) is 16.2. The van der Waals surface area contributed by atoms with Gasteiger partial charge in [0.25, 0.3) is 0 Å². The van der Waals surface area contributed by atoms with Crippen LogP contribution in [-0.2, 0) is 19.6 Å². The molecule has 0 unspecified atom stereocenters.